The van der Waals surface area contributed by atoms with Gasteiger partial charge in [-0.15, -0.1) is 5.10 Å². The molecule has 1 saturated carbocycles. The minimum Gasteiger partial charge on any atom is -0.350 e. The third-order valence-electron chi connectivity index (χ3n) is 4.97. The van der Waals surface area contributed by atoms with Crippen LogP contribution < -0.4 is 10.6 Å². The zero-order chi connectivity index (χ0) is 19.5. The summed E-state index contributed by atoms with van der Waals surface area (Å²) in [5.41, 5.74) is 3.93. The van der Waals surface area contributed by atoms with Crippen LogP contribution in [-0.4, -0.2) is 33.4 Å². The molecule has 1 aliphatic carbocycles. The fourth-order valence-corrected chi connectivity index (χ4v) is 3.14. The van der Waals surface area contributed by atoms with Crippen LogP contribution in [0.1, 0.15) is 35.2 Å². The summed E-state index contributed by atoms with van der Waals surface area (Å²) < 4.78 is 1.77. The monoisotopic (exact) mass is 377 g/mol. The van der Waals surface area contributed by atoms with E-state index in [1.807, 2.05) is 37.3 Å². The van der Waals surface area contributed by atoms with Gasteiger partial charge < -0.3 is 10.6 Å². The van der Waals surface area contributed by atoms with Crippen molar-refractivity contribution in [2.24, 2.45) is 5.92 Å². The molecule has 0 saturated heterocycles. The lowest BCUT2D eigenvalue weighted by atomic mass is 10.1. The van der Waals surface area contributed by atoms with Gasteiger partial charge in [-0.3, -0.25) is 9.59 Å². The fraction of sp³-hybridized carbons (Fsp3) is 0.333. The molecule has 144 valence electrons. The highest BCUT2D eigenvalue weighted by molar-refractivity contribution is 5.97. The highest BCUT2D eigenvalue weighted by Gasteiger charge is 2.24. The van der Waals surface area contributed by atoms with Gasteiger partial charge in [0, 0.05) is 24.2 Å². The quantitative estimate of drug-likeness (QED) is 0.663. The number of carbonyl (C=O) groups excluding carboxylic acids is 2. The second-order valence-corrected chi connectivity index (χ2v) is 7.28. The number of para-hydroxylation sites is 1. The predicted octanol–water partition coefficient (Wildman–Crippen LogP) is 2.91. The van der Waals surface area contributed by atoms with Gasteiger partial charge >= 0.3 is 0 Å². The Labute approximate surface area is 163 Å². The lowest BCUT2D eigenvalue weighted by molar-refractivity contribution is -0.116. The number of anilines is 1. The Morgan fingerprint density at radius 1 is 1.18 bits per heavy atom. The summed E-state index contributed by atoms with van der Waals surface area (Å²) in [6.07, 6.45) is 2.83. The highest BCUT2D eigenvalue weighted by atomic mass is 16.2. The zero-order valence-corrected chi connectivity index (χ0v) is 15.8. The van der Waals surface area contributed by atoms with E-state index in [0.717, 1.165) is 29.4 Å². The summed E-state index contributed by atoms with van der Waals surface area (Å²) >= 11 is 0. The summed E-state index contributed by atoms with van der Waals surface area (Å²) in [5.74, 6) is 0.364. The molecule has 3 aromatic rings. The van der Waals surface area contributed by atoms with Gasteiger partial charge in [-0.05, 0) is 55.5 Å². The Hall–Kier alpha value is -3.22. The van der Waals surface area contributed by atoms with Crippen LogP contribution in [0.25, 0.3) is 11.0 Å². The molecule has 0 unspecified atom stereocenters. The summed E-state index contributed by atoms with van der Waals surface area (Å²) in [6, 6.07) is 13.1. The number of amides is 2. The summed E-state index contributed by atoms with van der Waals surface area (Å²) in [6.45, 7) is 2.89. The van der Waals surface area contributed by atoms with Crippen molar-refractivity contribution < 1.29 is 9.59 Å². The van der Waals surface area contributed by atoms with Crippen molar-refractivity contribution in [2.75, 3.05) is 11.9 Å². The number of rotatable bonds is 7. The van der Waals surface area contributed by atoms with Crippen molar-refractivity contribution in [3.63, 3.8) is 0 Å². The minimum absolute atomic E-state index is 0.0150. The summed E-state index contributed by atoms with van der Waals surface area (Å²) in [5, 5.41) is 14.1. The first-order valence-electron chi connectivity index (χ1n) is 9.57. The molecular formula is C21H23N5O2. The standard InChI is InChI=1S/C21H23N5O2/c1-14-6-9-16(13-18(14)23-20(27)12-15-7-8-15)21(28)22-10-11-26-19-5-3-2-4-17(19)24-25-26/h2-6,9,13,15H,7-8,10-12H2,1H3,(H,22,28)(H,23,27). The number of hydrogen-bond acceptors (Lipinski definition) is 4. The number of benzene rings is 2. The van der Waals surface area contributed by atoms with Crippen molar-refractivity contribution >= 4 is 28.5 Å². The maximum atomic E-state index is 12.5. The molecule has 7 nitrogen and oxygen atoms in total. The first-order valence-corrected chi connectivity index (χ1v) is 9.57. The average Bonchev–Trinajstić information content (AvgIpc) is 3.41. The molecule has 0 atom stereocenters. The topological polar surface area (TPSA) is 88.9 Å². The molecule has 28 heavy (non-hydrogen) atoms. The number of carbonyl (C=O) groups is 2. The second-order valence-electron chi connectivity index (χ2n) is 7.28. The van der Waals surface area contributed by atoms with Crippen LogP contribution >= 0.6 is 0 Å². The van der Waals surface area contributed by atoms with E-state index in [-0.39, 0.29) is 11.8 Å². The highest BCUT2D eigenvalue weighted by Crippen LogP contribution is 2.32. The van der Waals surface area contributed by atoms with Gasteiger partial charge in [0.15, 0.2) is 0 Å². The Morgan fingerprint density at radius 2 is 2.00 bits per heavy atom. The van der Waals surface area contributed by atoms with Gasteiger partial charge in [-0.25, -0.2) is 4.68 Å². The van der Waals surface area contributed by atoms with Gasteiger partial charge in [0.2, 0.25) is 5.91 Å². The molecule has 4 rings (SSSR count). The molecule has 2 aromatic carbocycles. The lowest BCUT2D eigenvalue weighted by Crippen LogP contribution is -2.27. The van der Waals surface area contributed by atoms with Crippen LogP contribution in [-0.2, 0) is 11.3 Å². The SMILES string of the molecule is Cc1ccc(C(=O)NCCn2nnc3ccccc32)cc1NC(=O)CC1CC1. The van der Waals surface area contributed by atoms with Crippen LogP contribution in [0, 0.1) is 12.8 Å². The molecule has 0 bridgehead atoms. The summed E-state index contributed by atoms with van der Waals surface area (Å²) in [4.78, 5) is 24.6. The molecule has 0 aliphatic heterocycles. The van der Waals surface area contributed by atoms with E-state index in [0.29, 0.717) is 36.7 Å². The number of aryl methyl sites for hydroxylation is 1. The van der Waals surface area contributed by atoms with Gasteiger partial charge in [0.1, 0.15) is 5.52 Å². The van der Waals surface area contributed by atoms with Crippen molar-refractivity contribution in [3.8, 4) is 0 Å². The number of aromatic nitrogens is 3. The van der Waals surface area contributed by atoms with Gasteiger partial charge in [0.25, 0.3) is 5.91 Å². The Bertz CT molecular complexity index is 1020. The van der Waals surface area contributed by atoms with Crippen LogP contribution in [0.4, 0.5) is 5.69 Å². The molecule has 2 amide bonds. The molecule has 7 heteroatoms. The van der Waals surface area contributed by atoms with Gasteiger partial charge in [-0.2, -0.15) is 0 Å². The van der Waals surface area contributed by atoms with E-state index in [1.54, 1.807) is 16.8 Å². The molecule has 2 N–H and O–H groups in total. The second kappa shape index (κ2) is 7.80. The fourth-order valence-electron chi connectivity index (χ4n) is 3.14. The Kier molecular flexibility index (Phi) is 5.06. The van der Waals surface area contributed by atoms with Crippen molar-refractivity contribution in [2.45, 2.75) is 32.7 Å². The Balaban J connectivity index is 1.36. The summed E-state index contributed by atoms with van der Waals surface area (Å²) in [7, 11) is 0. The zero-order valence-electron chi connectivity index (χ0n) is 15.8. The van der Waals surface area contributed by atoms with Crippen LogP contribution in [0.3, 0.4) is 0 Å². The first kappa shape index (κ1) is 18.2. The van der Waals surface area contributed by atoms with Crippen LogP contribution in [0.15, 0.2) is 42.5 Å². The molecular weight excluding hydrogens is 354 g/mol. The third-order valence-corrected chi connectivity index (χ3v) is 4.97. The molecule has 1 heterocycles. The van der Waals surface area contributed by atoms with E-state index in [2.05, 4.69) is 20.9 Å². The van der Waals surface area contributed by atoms with Crippen LogP contribution in [0.5, 0.6) is 0 Å². The minimum atomic E-state index is -0.179. The van der Waals surface area contributed by atoms with Crippen molar-refractivity contribution in [3.05, 3.63) is 53.6 Å². The van der Waals surface area contributed by atoms with Gasteiger partial charge in [-0.1, -0.05) is 23.4 Å². The lowest BCUT2D eigenvalue weighted by Gasteiger charge is -2.11. The average molecular weight is 377 g/mol. The molecule has 1 fully saturated rings. The number of nitrogens with zero attached hydrogens (tertiary/aromatic N) is 3. The number of hydrogen-bond donors (Lipinski definition) is 2. The number of nitrogens with one attached hydrogen (secondary N) is 2. The molecule has 1 aliphatic rings. The van der Waals surface area contributed by atoms with Crippen LogP contribution in [0.2, 0.25) is 0 Å². The molecule has 0 spiro atoms. The molecule has 0 radical (unpaired) electrons. The normalized spacial score (nSPS) is 13.5. The van der Waals surface area contributed by atoms with Gasteiger partial charge in [0.05, 0.1) is 12.1 Å². The Morgan fingerprint density at radius 3 is 2.82 bits per heavy atom. The van der Waals surface area contributed by atoms with Crippen molar-refractivity contribution in [1.82, 2.24) is 20.3 Å². The molecule has 1 aromatic heterocycles. The van der Waals surface area contributed by atoms with E-state index in [9.17, 15) is 9.59 Å². The van der Waals surface area contributed by atoms with Crippen molar-refractivity contribution in [1.29, 1.82) is 0 Å². The number of fused-ring (bicyclic) bond motifs is 1. The maximum Gasteiger partial charge on any atom is 0.251 e. The van der Waals surface area contributed by atoms with E-state index < -0.39 is 0 Å². The van der Waals surface area contributed by atoms with E-state index >= 15 is 0 Å². The third kappa shape index (κ3) is 4.19. The largest absolute Gasteiger partial charge is 0.350 e. The maximum absolute atomic E-state index is 12.5. The van der Waals surface area contributed by atoms with E-state index in [4.69, 9.17) is 0 Å². The first-order chi connectivity index (χ1) is 13.6. The predicted molar refractivity (Wildman–Crippen MR) is 107 cm³/mol. The smallest absolute Gasteiger partial charge is 0.251 e. The van der Waals surface area contributed by atoms with E-state index in [1.165, 1.54) is 0 Å².